The molecule has 1 atom stereocenters. The molecule has 0 aliphatic carbocycles. The van der Waals surface area contributed by atoms with Crippen LogP contribution < -0.4 is 5.73 Å². The van der Waals surface area contributed by atoms with Gasteiger partial charge < -0.3 is 24.8 Å². The van der Waals surface area contributed by atoms with Crippen LogP contribution in [0, 0.1) is 0 Å². The maximum absolute atomic E-state index is 13.6. The number of fused-ring (bicyclic) bond motifs is 1. The number of carbonyl (C=O) groups is 2. The summed E-state index contributed by atoms with van der Waals surface area (Å²) in [4.78, 5) is 40.4. The van der Waals surface area contributed by atoms with Crippen molar-refractivity contribution < 1.29 is 18.8 Å². The van der Waals surface area contributed by atoms with Crippen molar-refractivity contribution >= 4 is 52.0 Å². The number of piperazine rings is 1. The lowest BCUT2D eigenvalue weighted by atomic mass is 10.1. The monoisotopic (exact) mass is 597 g/mol. The Morgan fingerprint density at radius 3 is 2.85 bits per heavy atom. The Morgan fingerprint density at radius 1 is 1.24 bits per heavy atom. The van der Waals surface area contributed by atoms with Gasteiger partial charge in [-0.25, -0.2) is 9.97 Å². The molecule has 41 heavy (non-hydrogen) atoms. The zero-order valence-corrected chi connectivity index (χ0v) is 24.5. The third-order valence-corrected chi connectivity index (χ3v) is 8.10. The number of ether oxygens (including phenoxy) is 1. The summed E-state index contributed by atoms with van der Waals surface area (Å²) in [7, 11) is 0. The molecular weight excluding hydrogens is 566 g/mol. The van der Waals surface area contributed by atoms with Crippen LogP contribution in [0.3, 0.4) is 0 Å². The molecule has 1 saturated heterocycles. The van der Waals surface area contributed by atoms with Crippen LogP contribution in [0.5, 0.6) is 0 Å². The van der Waals surface area contributed by atoms with E-state index in [2.05, 4.69) is 15.1 Å². The molecule has 0 saturated carbocycles. The third-order valence-electron chi connectivity index (χ3n) is 6.86. The molecule has 0 radical (unpaired) electrons. The molecule has 1 aliphatic rings. The third kappa shape index (κ3) is 7.20. The van der Waals surface area contributed by atoms with E-state index in [9.17, 15) is 9.59 Å². The Hall–Kier alpha value is -3.58. The highest BCUT2D eigenvalue weighted by Gasteiger charge is 2.34. The minimum Gasteiger partial charge on any atom is -0.383 e. The second-order valence-electron chi connectivity index (χ2n) is 10.3. The van der Waals surface area contributed by atoms with Crippen molar-refractivity contribution in [2.45, 2.75) is 39.1 Å². The predicted octanol–water partition coefficient (Wildman–Crippen LogP) is 3.68. The van der Waals surface area contributed by atoms with Crippen LogP contribution in [-0.2, 0) is 27.4 Å². The lowest BCUT2D eigenvalue weighted by molar-refractivity contribution is -0.142. The molecule has 2 amide bonds. The summed E-state index contributed by atoms with van der Waals surface area (Å²) in [5, 5.41) is 4.98. The van der Waals surface area contributed by atoms with E-state index < -0.39 is 0 Å². The molecule has 216 valence electrons. The molecule has 0 bridgehead atoms. The Balaban J connectivity index is 1.33. The number of benzene rings is 1. The Kier molecular flexibility index (Phi) is 9.13. The van der Waals surface area contributed by atoms with Crippen LogP contribution in [0.15, 0.2) is 47.2 Å². The lowest BCUT2D eigenvalue weighted by Crippen LogP contribution is -2.59. The summed E-state index contributed by atoms with van der Waals surface area (Å²) in [6, 6.07) is 11.0. The molecule has 11 nitrogen and oxygen atoms in total. The molecule has 2 N–H and O–H groups in total. The van der Waals surface area contributed by atoms with Gasteiger partial charge in [-0.2, -0.15) is 0 Å². The van der Waals surface area contributed by atoms with Gasteiger partial charge in [-0.05, 0) is 43.7 Å². The second kappa shape index (κ2) is 12.9. The largest absolute Gasteiger partial charge is 0.383 e. The van der Waals surface area contributed by atoms with Crippen LogP contribution in [0.25, 0.3) is 21.5 Å². The number of hydrogen-bond acceptors (Lipinski definition) is 10. The maximum atomic E-state index is 13.6. The molecule has 13 heteroatoms. The summed E-state index contributed by atoms with van der Waals surface area (Å²) < 4.78 is 11.9. The maximum Gasteiger partial charge on any atom is 0.237 e. The number of nitrogens with two attached hydrogens (primary N) is 1. The van der Waals surface area contributed by atoms with Crippen molar-refractivity contribution in [1.29, 1.82) is 0 Å². The van der Waals surface area contributed by atoms with Gasteiger partial charge in [0.05, 0.1) is 45.7 Å². The van der Waals surface area contributed by atoms with Gasteiger partial charge in [0.15, 0.2) is 5.76 Å². The molecular formula is C28H32ClN7O4S. The van der Waals surface area contributed by atoms with Crippen molar-refractivity contribution in [3.63, 3.8) is 0 Å². The number of rotatable bonds is 12. The van der Waals surface area contributed by atoms with Crippen molar-refractivity contribution in [3.8, 4) is 10.6 Å². The number of nitrogen functional groups attached to an aromatic ring is 1. The molecule has 4 aromatic rings. The van der Waals surface area contributed by atoms with E-state index >= 15 is 0 Å². The number of hydrogen-bond donors (Lipinski definition) is 1. The van der Waals surface area contributed by atoms with Gasteiger partial charge in [-0.1, -0.05) is 22.8 Å². The molecule has 1 fully saturated rings. The van der Waals surface area contributed by atoms with Gasteiger partial charge in [-0.3, -0.25) is 14.5 Å². The zero-order chi connectivity index (χ0) is 28.9. The number of anilines is 1. The van der Waals surface area contributed by atoms with Gasteiger partial charge in [-0.15, -0.1) is 11.3 Å². The SMILES string of the molecule is CC(C)OCCN(C=O)CC1CN(Cc2cc(-c3ccc(Cl)s3)on2)CC(=O)N1Cc1ccc2c(N)ncnc2c1. The van der Waals surface area contributed by atoms with Crippen molar-refractivity contribution in [2.75, 3.05) is 38.5 Å². The lowest BCUT2D eigenvalue weighted by Gasteiger charge is -2.42. The quantitative estimate of drug-likeness (QED) is 0.243. The minimum atomic E-state index is -0.255. The summed E-state index contributed by atoms with van der Waals surface area (Å²) in [5.41, 5.74) is 8.34. The van der Waals surface area contributed by atoms with Crippen molar-refractivity contribution in [2.24, 2.45) is 0 Å². The van der Waals surface area contributed by atoms with Crippen LogP contribution in [0.1, 0.15) is 25.1 Å². The molecule has 3 aromatic heterocycles. The molecule has 4 heterocycles. The van der Waals surface area contributed by atoms with Crippen LogP contribution in [0.2, 0.25) is 4.34 Å². The molecule has 1 aromatic carbocycles. The van der Waals surface area contributed by atoms with E-state index in [0.717, 1.165) is 22.2 Å². The summed E-state index contributed by atoms with van der Waals surface area (Å²) in [5.74, 6) is 1.01. The van der Waals surface area contributed by atoms with E-state index in [1.54, 1.807) is 4.90 Å². The zero-order valence-electron chi connectivity index (χ0n) is 22.9. The Labute approximate surface area is 246 Å². The minimum absolute atomic E-state index is 0.0402. The molecule has 5 rings (SSSR count). The Morgan fingerprint density at radius 2 is 2.10 bits per heavy atom. The second-order valence-corrected chi connectivity index (χ2v) is 12.0. The highest BCUT2D eigenvalue weighted by Crippen LogP contribution is 2.31. The van der Waals surface area contributed by atoms with Gasteiger partial charge in [0.1, 0.15) is 12.1 Å². The fourth-order valence-corrected chi connectivity index (χ4v) is 5.89. The van der Waals surface area contributed by atoms with Gasteiger partial charge >= 0.3 is 0 Å². The predicted molar refractivity (Wildman–Crippen MR) is 157 cm³/mol. The van der Waals surface area contributed by atoms with Crippen LogP contribution in [0.4, 0.5) is 5.82 Å². The summed E-state index contributed by atoms with van der Waals surface area (Å²) >= 11 is 7.48. The first kappa shape index (κ1) is 28.9. The number of amides is 2. The average Bonchev–Trinajstić information content (AvgIpc) is 3.58. The average molecular weight is 598 g/mol. The Bertz CT molecular complexity index is 1510. The highest BCUT2D eigenvalue weighted by molar-refractivity contribution is 7.19. The number of aromatic nitrogens is 3. The van der Waals surface area contributed by atoms with Gasteiger partial charge in [0.2, 0.25) is 12.3 Å². The number of carbonyl (C=O) groups excluding carboxylic acids is 2. The first-order valence-electron chi connectivity index (χ1n) is 13.3. The topological polar surface area (TPSA) is 131 Å². The molecule has 1 unspecified atom stereocenters. The van der Waals surface area contributed by atoms with E-state index in [1.807, 2.05) is 60.0 Å². The number of thiophene rings is 1. The van der Waals surface area contributed by atoms with Crippen LogP contribution >= 0.6 is 22.9 Å². The van der Waals surface area contributed by atoms with Crippen LogP contribution in [-0.4, -0.2) is 87.1 Å². The van der Waals surface area contributed by atoms with Gasteiger partial charge in [0.25, 0.3) is 0 Å². The normalized spacial score (nSPS) is 16.1. The fourth-order valence-electron chi connectivity index (χ4n) is 4.90. The smallest absolute Gasteiger partial charge is 0.237 e. The highest BCUT2D eigenvalue weighted by atomic mass is 35.5. The van der Waals surface area contributed by atoms with E-state index in [0.29, 0.717) is 66.5 Å². The van der Waals surface area contributed by atoms with E-state index in [4.69, 9.17) is 26.6 Å². The van der Waals surface area contributed by atoms with E-state index in [1.165, 1.54) is 17.7 Å². The number of halogens is 1. The van der Waals surface area contributed by atoms with E-state index in [-0.39, 0.29) is 24.6 Å². The summed E-state index contributed by atoms with van der Waals surface area (Å²) in [6.45, 7) is 6.70. The first-order valence-corrected chi connectivity index (χ1v) is 14.5. The van der Waals surface area contributed by atoms with Crippen molar-refractivity contribution in [1.82, 2.24) is 29.8 Å². The summed E-state index contributed by atoms with van der Waals surface area (Å²) in [6.07, 6.45) is 2.31. The molecule has 1 aliphatic heterocycles. The molecule has 0 spiro atoms. The fraction of sp³-hybridized carbons (Fsp3) is 0.393. The first-order chi connectivity index (χ1) is 19.8. The number of nitrogens with zero attached hydrogens (tertiary/aromatic N) is 6. The van der Waals surface area contributed by atoms with Crippen molar-refractivity contribution in [3.05, 3.63) is 58.3 Å². The van der Waals surface area contributed by atoms with Gasteiger partial charge in [0, 0.05) is 44.2 Å². The standard InChI is InChI=1S/C28H32ClN7O4S/c1-18(2)39-8-7-34(17-37)13-21-14-35(12-20-10-24(40-33-20)25-5-6-26(29)41-25)15-27(38)36(21)11-19-3-4-22-23(9-19)31-16-32-28(22)30/h3-6,9-10,16-18,21H,7-8,11-15H2,1-2H3,(H2,30,31,32).